The largest absolute Gasteiger partial charge is 0.368 e. The van der Waals surface area contributed by atoms with Gasteiger partial charge in [0.1, 0.15) is 6.10 Å². The van der Waals surface area contributed by atoms with Gasteiger partial charge in [-0.25, -0.2) is 0 Å². The summed E-state index contributed by atoms with van der Waals surface area (Å²) in [4.78, 5) is 11.9. The Morgan fingerprint density at radius 1 is 1.32 bits per heavy atom. The molecule has 2 heterocycles. The summed E-state index contributed by atoms with van der Waals surface area (Å²) in [6.45, 7) is 0.677. The normalized spacial score (nSPS) is 18.4. The van der Waals surface area contributed by atoms with E-state index in [4.69, 9.17) is 4.74 Å². The van der Waals surface area contributed by atoms with Gasteiger partial charge in [0.25, 0.3) is 5.91 Å². The molecule has 0 saturated carbocycles. The van der Waals surface area contributed by atoms with Gasteiger partial charge in [0.2, 0.25) is 0 Å². The van der Waals surface area contributed by atoms with Crippen LogP contribution in [0.2, 0.25) is 0 Å². The molecule has 0 bridgehead atoms. The van der Waals surface area contributed by atoms with E-state index in [0.717, 1.165) is 29.8 Å². The van der Waals surface area contributed by atoms with Crippen LogP contribution < -0.4 is 5.32 Å². The molecule has 0 radical (unpaired) electrons. The quantitative estimate of drug-likeness (QED) is 0.885. The zero-order chi connectivity index (χ0) is 13.1. The van der Waals surface area contributed by atoms with Crippen LogP contribution in [0.15, 0.2) is 36.5 Å². The number of hydrogen-bond acceptors (Lipinski definition) is 3. The Morgan fingerprint density at radius 3 is 2.79 bits per heavy atom. The van der Waals surface area contributed by atoms with Crippen molar-refractivity contribution in [2.75, 3.05) is 11.9 Å². The second-order valence-electron chi connectivity index (χ2n) is 4.54. The maximum Gasteiger partial charge on any atom is 0.253 e. The maximum absolute atomic E-state index is 11.9. The van der Waals surface area contributed by atoms with Crippen LogP contribution in [0.3, 0.4) is 0 Å². The van der Waals surface area contributed by atoms with E-state index in [1.54, 1.807) is 6.20 Å². The van der Waals surface area contributed by atoms with Crippen LogP contribution in [0.4, 0.5) is 5.69 Å². The van der Waals surface area contributed by atoms with Gasteiger partial charge in [-0.2, -0.15) is 5.10 Å². The van der Waals surface area contributed by atoms with Crippen molar-refractivity contribution < 1.29 is 9.53 Å². The Bertz CT molecular complexity index is 543. The Morgan fingerprint density at radius 2 is 2.16 bits per heavy atom. The fourth-order valence-corrected chi connectivity index (χ4v) is 2.16. The molecule has 5 heteroatoms. The second kappa shape index (κ2) is 5.24. The first-order valence-electron chi connectivity index (χ1n) is 6.35. The minimum Gasteiger partial charge on any atom is -0.368 e. The number of nitrogens with one attached hydrogen (secondary N) is 2. The Labute approximate surface area is 111 Å². The zero-order valence-electron chi connectivity index (χ0n) is 10.4. The summed E-state index contributed by atoms with van der Waals surface area (Å²) in [6, 6.07) is 9.54. The van der Waals surface area contributed by atoms with E-state index in [1.807, 2.05) is 30.3 Å². The molecule has 5 nitrogen and oxygen atoms in total. The van der Waals surface area contributed by atoms with Crippen molar-refractivity contribution in [1.82, 2.24) is 10.2 Å². The second-order valence-corrected chi connectivity index (χ2v) is 4.54. The summed E-state index contributed by atoms with van der Waals surface area (Å²) in [7, 11) is 0. The molecule has 1 saturated heterocycles. The highest BCUT2D eigenvalue weighted by Crippen LogP contribution is 2.20. The molecule has 1 amide bonds. The minimum atomic E-state index is -0.299. The smallest absolute Gasteiger partial charge is 0.253 e. The number of ether oxygens (including phenoxy) is 1. The summed E-state index contributed by atoms with van der Waals surface area (Å²) >= 11 is 0. The molecule has 1 aliphatic heterocycles. The molecule has 2 N–H and O–H groups in total. The van der Waals surface area contributed by atoms with Crippen LogP contribution in [0.5, 0.6) is 0 Å². The lowest BCUT2D eigenvalue weighted by Crippen LogP contribution is -2.26. The standard InChI is InChI=1S/C14H15N3O2/c18-14(13-2-1-9-19-13)16-11-5-3-10(4-6-11)12-7-8-15-17-12/h3-8,13H,1-2,9H2,(H,15,17)(H,16,18)/t13-/m0/s1. The van der Waals surface area contributed by atoms with Crippen molar-refractivity contribution >= 4 is 11.6 Å². The lowest BCUT2D eigenvalue weighted by molar-refractivity contribution is -0.124. The van der Waals surface area contributed by atoms with E-state index in [9.17, 15) is 4.79 Å². The topological polar surface area (TPSA) is 67.0 Å². The number of aromatic nitrogens is 2. The van der Waals surface area contributed by atoms with Gasteiger partial charge in [-0.1, -0.05) is 12.1 Å². The average molecular weight is 257 g/mol. The third-order valence-corrected chi connectivity index (χ3v) is 3.19. The van der Waals surface area contributed by atoms with E-state index in [2.05, 4.69) is 15.5 Å². The van der Waals surface area contributed by atoms with Gasteiger partial charge in [-0.3, -0.25) is 9.89 Å². The number of carbonyl (C=O) groups excluding carboxylic acids is 1. The molecular weight excluding hydrogens is 242 g/mol. The summed E-state index contributed by atoms with van der Waals surface area (Å²) in [6.07, 6.45) is 3.17. The molecule has 0 aliphatic carbocycles. The highest BCUT2D eigenvalue weighted by atomic mass is 16.5. The Balaban J connectivity index is 1.67. The van der Waals surface area contributed by atoms with Gasteiger partial charge in [0, 0.05) is 18.5 Å². The predicted octanol–water partition coefficient (Wildman–Crippen LogP) is 2.19. The monoisotopic (exact) mass is 257 g/mol. The molecule has 0 unspecified atom stereocenters. The number of anilines is 1. The first kappa shape index (κ1) is 11.9. The predicted molar refractivity (Wildman–Crippen MR) is 71.6 cm³/mol. The Kier molecular flexibility index (Phi) is 3.29. The lowest BCUT2D eigenvalue weighted by atomic mass is 10.1. The molecule has 2 aromatic rings. The van der Waals surface area contributed by atoms with Crippen LogP contribution in [0.1, 0.15) is 12.8 Å². The zero-order valence-corrected chi connectivity index (χ0v) is 10.4. The van der Waals surface area contributed by atoms with Crippen LogP contribution in [0, 0.1) is 0 Å². The third-order valence-electron chi connectivity index (χ3n) is 3.19. The van der Waals surface area contributed by atoms with Gasteiger partial charge < -0.3 is 10.1 Å². The van der Waals surface area contributed by atoms with Gasteiger partial charge in [-0.15, -0.1) is 0 Å². The van der Waals surface area contributed by atoms with Crippen molar-refractivity contribution in [3.63, 3.8) is 0 Å². The molecule has 1 aliphatic rings. The summed E-state index contributed by atoms with van der Waals surface area (Å²) in [5.41, 5.74) is 2.77. The lowest BCUT2D eigenvalue weighted by Gasteiger charge is -2.10. The van der Waals surface area contributed by atoms with Gasteiger partial charge in [0.05, 0.1) is 5.69 Å². The van der Waals surface area contributed by atoms with Gasteiger partial charge >= 0.3 is 0 Å². The summed E-state index contributed by atoms with van der Waals surface area (Å²) in [5, 5.41) is 9.68. The molecule has 3 rings (SSSR count). The fourth-order valence-electron chi connectivity index (χ4n) is 2.16. The number of benzene rings is 1. The first-order valence-corrected chi connectivity index (χ1v) is 6.35. The van der Waals surface area contributed by atoms with Crippen molar-refractivity contribution in [3.8, 4) is 11.3 Å². The van der Waals surface area contributed by atoms with E-state index in [0.29, 0.717) is 6.61 Å². The van der Waals surface area contributed by atoms with Crippen LogP contribution in [-0.4, -0.2) is 28.8 Å². The minimum absolute atomic E-state index is 0.0632. The molecule has 1 fully saturated rings. The van der Waals surface area contributed by atoms with Gasteiger partial charge in [0.15, 0.2) is 0 Å². The number of carbonyl (C=O) groups is 1. The average Bonchev–Trinajstić information content (AvgIpc) is 3.13. The molecular formula is C14H15N3O2. The summed E-state index contributed by atoms with van der Waals surface area (Å²) < 4.78 is 5.34. The van der Waals surface area contributed by atoms with Crippen LogP contribution >= 0.6 is 0 Å². The number of amides is 1. The van der Waals surface area contributed by atoms with Crippen LogP contribution in [0.25, 0.3) is 11.3 Å². The Hall–Kier alpha value is -2.14. The molecule has 19 heavy (non-hydrogen) atoms. The van der Waals surface area contributed by atoms with Crippen LogP contribution in [-0.2, 0) is 9.53 Å². The molecule has 98 valence electrons. The molecule has 1 atom stereocenters. The molecule has 1 aromatic carbocycles. The van der Waals surface area contributed by atoms with E-state index < -0.39 is 0 Å². The first-order chi connectivity index (χ1) is 9.33. The molecule has 1 aromatic heterocycles. The summed E-state index contributed by atoms with van der Waals surface area (Å²) in [5.74, 6) is -0.0632. The highest BCUT2D eigenvalue weighted by Gasteiger charge is 2.23. The van der Waals surface area contributed by atoms with Gasteiger partial charge in [-0.05, 0) is 36.6 Å². The maximum atomic E-state index is 11.9. The highest BCUT2D eigenvalue weighted by molar-refractivity contribution is 5.94. The molecule has 0 spiro atoms. The third kappa shape index (κ3) is 2.66. The number of rotatable bonds is 3. The van der Waals surface area contributed by atoms with Crippen molar-refractivity contribution in [3.05, 3.63) is 36.5 Å². The SMILES string of the molecule is O=C(Nc1ccc(-c2ccn[nH]2)cc1)[C@@H]1CCCO1. The number of H-pyrrole nitrogens is 1. The van der Waals surface area contributed by atoms with Crippen molar-refractivity contribution in [1.29, 1.82) is 0 Å². The van der Waals surface area contributed by atoms with Crippen molar-refractivity contribution in [2.24, 2.45) is 0 Å². The number of nitrogens with zero attached hydrogens (tertiary/aromatic N) is 1. The van der Waals surface area contributed by atoms with Crippen molar-refractivity contribution in [2.45, 2.75) is 18.9 Å². The fraction of sp³-hybridized carbons (Fsp3) is 0.286. The van der Waals surface area contributed by atoms with E-state index >= 15 is 0 Å². The van der Waals surface area contributed by atoms with E-state index in [1.165, 1.54) is 0 Å². The number of aromatic amines is 1. The van der Waals surface area contributed by atoms with E-state index in [-0.39, 0.29) is 12.0 Å². The number of hydrogen-bond donors (Lipinski definition) is 2.